The van der Waals surface area contributed by atoms with Gasteiger partial charge in [-0.05, 0) is 86.4 Å². The van der Waals surface area contributed by atoms with Crippen molar-refractivity contribution < 1.29 is 20.1 Å². The monoisotopic (exact) mass is 364 g/mol. The van der Waals surface area contributed by atoms with Crippen LogP contribution >= 0.6 is 0 Å². The maximum Gasteiger partial charge on any atom is 0.306 e. The Labute approximate surface area is 157 Å². The van der Waals surface area contributed by atoms with Gasteiger partial charge in [0.2, 0.25) is 0 Å². The third kappa shape index (κ3) is 2.44. The summed E-state index contributed by atoms with van der Waals surface area (Å²) in [6.45, 7) is 6.44. The Balaban J connectivity index is 1.64. The summed E-state index contributed by atoms with van der Waals surface area (Å²) in [6.07, 6.45) is 7.57. The van der Waals surface area contributed by atoms with Crippen molar-refractivity contribution in [3.63, 3.8) is 0 Å². The predicted molar refractivity (Wildman–Crippen MR) is 99.4 cm³/mol. The lowest BCUT2D eigenvalue weighted by molar-refractivity contribution is -0.178. The first-order valence-corrected chi connectivity index (χ1v) is 10.8. The molecule has 26 heavy (non-hydrogen) atoms. The van der Waals surface area contributed by atoms with Gasteiger partial charge in [-0.2, -0.15) is 0 Å². The summed E-state index contributed by atoms with van der Waals surface area (Å²) in [5.41, 5.74) is -0.0166. The third-order valence-corrected chi connectivity index (χ3v) is 9.81. The minimum atomic E-state index is -0.719. The zero-order valence-electron chi connectivity index (χ0n) is 16.5. The largest absolute Gasteiger partial charge is 0.481 e. The average molecular weight is 365 g/mol. The predicted octanol–water partition coefficient (Wildman–Crippen LogP) is 3.70. The van der Waals surface area contributed by atoms with Gasteiger partial charge in [-0.25, -0.2) is 0 Å². The number of fused-ring (bicyclic) bond motifs is 5. The molecule has 0 spiro atoms. The maximum absolute atomic E-state index is 11.7. The van der Waals surface area contributed by atoms with Crippen molar-refractivity contribution in [2.45, 2.75) is 84.3 Å². The summed E-state index contributed by atoms with van der Waals surface area (Å²) in [5, 5.41) is 31.0. The van der Waals surface area contributed by atoms with Crippen LogP contribution in [-0.2, 0) is 4.79 Å². The molecular weight excluding hydrogens is 328 g/mol. The molecule has 0 unspecified atom stereocenters. The van der Waals surface area contributed by atoms with Crippen molar-refractivity contribution in [1.82, 2.24) is 0 Å². The van der Waals surface area contributed by atoms with Crippen molar-refractivity contribution in [3.05, 3.63) is 0 Å². The molecule has 0 aromatic carbocycles. The number of carboxylic acid groups (broad SMARTS) is 1. The molecule has 0 bridgehead atoms. The molecule has 0 radical (unpaired) electrons. The lowest BCUT2D eigenvalue weighted by Gasteiger charge is -2.62. The molecule has 4 fully saturated rings. The molecule has 0 aliphatic heterocycles. The first-order chi connectivity index (χ1) is 12.2. The third-order valence-electron chi connectivity index (χ3n) is 9.81. The van der Waals surface area contributed by atoms with Crippen LogP contribution in [0.3, 0.4) is 0 Å². The lowest BCUT2D eigenvalue weighted by atomic mass is 9.43. The summed E-state index contributed by atoms with van der Waals surface area (Å²) in [6, 6.07) is 0. The van der Waals surface area contributed by atoms with Crippen LogP contribution in [0.5, 0.6) is 0 Å². The highest BCUT2D eigenvalue weighted by molar-refractivity contribution is 5.70. The number of hydrogen-bond donors (Lipinski definition) is 3. The zero-order valence-corrected chi connectivity index (χ0v) is 16.5. The number of rotatable bonds is 2. The van der Waals surface area contributed by atoms with Gasteiger partial charge in [0.1, 0.15) is 0 Å². The highest BCUT2D eigenvalue weighted by atomic mass is 16.4. The molecule has 4 aliphatic rings. The number of aliphatic hydroxyl groups is 2. The fraction of sp³-hybridized carbons (Fsp3) is 0.955. The number of aliphatic hydroxyl groups excluding tert-OH is 2. The molecule has 0 amide bonds. The van der Waals surface area contributed by atoms with Gasteiger partial charge in [0.15, 0.2) is 0 Å². The van der Waals surface area contributed by atoms with E-state index in [4.69, 9.17) is 0 Å². The molecule has 3 N–H and O–H groups in total. The molecule has 4 saturated carbocycles. The molecule has 148 valence electrons. The normalized spacial score (nSPS) is 54.7. The van der Waals surface area contributed by atoms with Gasteiger partial charge in [-0.15, -0.1) is 0 Å². The van der Waals surface area contributed by atoms with Gasteiger partial charge in [-0.1, -0.05) is 20.8 Å². The smallest absolute Gasteiger partial charge is 0.306 e. The quantitative estimate of drug-likeness (QED) is 0.698. The average Bonchev–Trinajstić information content (AvgIpc) is 2.94. The van der Waals surface area contributed by atoms with E-state index in [1.807, 2.05) is 6.92 Å². The Bertz CT molecular complexity index is 576. The number of carboxylic acids is 1. The van der Waals surface area contributed by atoms with Gasteiger partial charge in [0, 0.05) is 5.41 Å². The van der Waals surface area contributed by atoms with Crippen LogP contribution in [-0.4, -0.2) is 33.5 Å². The summed E-state index contributed by atoms with van der Waals surface area (Å²) >= 11 is 0. The number of hydrogen-bond acceptors (Lipinski definition) is 3. The highest BCUT2D eigenvalue weighted by Crippen LogP contribution is 2.68. The first kappa shape index (κ1) is 18.7. The van der Waals surface area contributed by atoms with E-state index in [0.29, 0.717) is 23.7 Å². The molecule has 0 aromatic rings. The molecule has 4 rings (SSSR count). The Kier molecular flexibility index (Phi) is 4.47. The highest BCUT2D eigenvalue weighted by Gasteiger charge is 2.64. The zero-order chi connectivity index (χ0) is 18.9. The summed E-state index contributed by atoms with van der Waals surface area (Å²) in [7, 11) is 0. The number of carbonyl (C=O) groups is 1. The maximum atomic E-state index is 11.7. The second-order valence-electron chi connectivity index (χ2n) is 10.5. The second kappa shape index (κ2) is 6.20. The van der Waals surface area contributed by atoms with Gasteiger partial charge < -0.3 is 15.3 Å². The Morgan fingerprint density at radius 1 is 1.00 bits per heavy atom. The Hall–Kier alpha value is -0.610. The van der Waals surface area contributed by atoms with Crippen LogP contribution in [0.25, 0.3) is 0 Å². The van der Waals surface area contributed by atoms with Gasteiger partial charge in [0.05, 0.1) is 18.1 Å². The van der Waals surface area contributed by atoms with Gasteiger partial charge >= 0.3 is 5.97 Å². The molecule has 0 heterocycles. The summed E-state index contributed by atoms with van der Waals surface area (Å²) in [5.74, 6) is 1.16. The van der Waals surface area contributed by atoms with Gasteiger partial charge in [0.25, 0.3) is 0 Å². The van der Waals surface area contributed by atoms with Crippen LogP contribution in [0.1, 0.15) is 72.1 Å². The molecular formula is C22H36O4. The SMILES string of the molecule is C[C@H](C(=O)O)[C@@H]1CC[C@@H]2[C@H]3CC[C@H]4C[C@@H](O)CC[C@]4(C)[C@@H]3C[C@@H](O)[C@]21C. The van der Waals surface area contributed by atoms with Crippen LogP contribution in [0.15, 0.2) is 0 Å². The summed E-state index contributed by atoms with van der Waals surface area (Å²) < 4.78 is 0. The van der Waals surface area contributed by atoms with Crippen LogP contribution < -0.4 is 0 Å². The van der Waals surface area contributed by atoms with Crippen LogP contribution in [0.4, 0.5) is 0 Å². The fourth-order valence-corrected chi connectivity index (χ4v) is 8.22. The Morgan fingerprint density at radius 2 is 1.73 bits per heavy atom. The van der Waals surface area contributed by atoms with Gasteiger partial charge in [-0.3, -0.25) is 4.79 Å². The summed E-state index contributed by atoms with van der Waals surface area (Å²) in [4.78, 5) is 11.7. The van der Waals surface area contributed by atoms with Crippen molar-refractivity contribution in [1.29, 1.82) is 0 Å². The molecule has 4 aliphatic carbocycles. The van der Waals surface area contributed by atoms with E-state index in [1.165, 1.54) is 12.8 Å². The molecule has 4 heteroatoms. The number of aliphatic carboxylic acids is 1. The molecule has 0 aromatic heterocycles. The van der Waals surface area contributed by atoms with Crippen molar-refractivity contribution in [3.8, 4) is 0 Å². The van der Waals surface area contributed by atoms with E-state index < -0.39 is 12.1 Å². The molecule has 0 saturated heterocycles. The lowest BCUT2D eigenvalue weighted by Crippen LogP contribution is -2.59. The van der Waals surface area contributed by atoms with E-state index in [9.17, 15) is 20.1 Å². The van der Waals surface area contributed by atoms with Crippen molar-refractivity contribution >= 4 is 5.97 Å². The minimum absolute atomic E-state index is 0.0830. The molecule has 4 nitrogen and oxygen atoms in total. The van der Waals surface area contributed by atoms with Crippen molar-refractivity contribution in [2.24, 2.45) is 46.3 Å². The topological polar surface area (TPSA) is 77.8 Å². The van der Waals surface area contributed by atoms with E-state index in [1.54, 1.807) is 0 Å². The van der Waals surface area contributed by atoms with Crippen LogP contribution in [0, 0.1) is 46.3 Å². The van der Waals surface area contributed by atoms with E-state index >= 15 is 0 Å². The van der Waals surface area contributed by atoms with E-state index in [-0.39, 0.29) is 28.8 Å². The standard InChI is InChI=1S/C22H36O4/c1-12(20(25)26)16-6-7-17-15-5-4-13-10-14(23)8-9-21(13,2)18(15)11-19(24)22(16,17)3/h12-19,23-24H,4-11H2,1-3H3,(H,25,26)/t12-,13-,14-,15+,16-,17+,18+,19+,21-,22-/m0/s1. The van der Waals surface area contributed by atoms with E-state index in [0.717, 1.165) is 38.5 Å². The second-order valence-corrected chi connectivity index (χ2v) is 10.5. The van der Waals surface area contributed by atoms with E-state index in [2.05, 4.69) is 13.8 Å². The molecule has 10 atom stereocenters. The fourth-order valence-electron chi connectivity index (χ4n) is 8.22. The first-order valence-electron chi connectivity index (χ1n) is 10.8. The van der Waals surface area contributed by atoms with Crippen LogP contribution in [0.2, 0.25) is 0 Å². The minimum Gasteiger partial charge on any atom is -0.481 e. The Morgan fingerprint density at radius 3 is 2.42 bits per heavy atom. The van der Waals surface area contributed by atoms with Crippen molar-refractivity contribution in [2.75, 3.05) is 0 Å².